The Balaban J connectivity index is 0.00000208. The molecule has 2 aliphatic carbocycles. The van der Waals surface area contributed by atoms with Crippen LogP contribution in [0.3, 0.4) is 0 Å². The van der Waals surface area contributed by atoms with Gasteiger partial charge in [0.05, 0.1) is 12.0 Å². The van der Waals surface area contributed by atoms with Crippen molar-refractivity contribution in [3.8, 4) is 0 Å². The summed E-state index contributed by atoms with van der Waals surface area (Å²) in [4.78, 5) is 26.2. The summed E-state index contributed by atoms with van der Waals surface area (Å²) in [6, 6.07) is 0.279. The number of carboxylic acid groups (broad SMARTS) is 1. The lowest BCUT2D eigenvalue weighted by atomic mass is 9.78. The second-order valence-electron chi connectivity index (χ2n) is 8.16. The highest BCUT2D eigenvalue weighted by atomic mass is 35.5. The number of amides is 1. The molecule has 3 unspecified atom stereocenters. The second-order valence-corrected chi connectivity index (χ2v) is 8.16. The average Bonchev–Trinajstić information content (AvgIpc) is 3.01. The standard InChI is InChI=1S/C18H30N2O3.ClH/c1-12-5-3-7-15(13(12)2)19-16(21)10-20-9-14-6-4-8-18(14,11-20)17(22)23;/h12-15H,3-11H2,1-2H3,(H,19,21)(H,22,23);1H/t12?,13?,14-,15?,18+;/m0./s1. The van der Waals surface area contributed by atoms with Gasteiger partial charge in [-0.15, -0.1) is 12.4 Å². The summed E-state index contributed by atoms with van der Waals surface area (Å²) in [7, 11) is 0. The largest absolute Gasteiger partial charge is 0.481 e. The maximum Gasteiger partial charge on any atom is 0.311 e. The normalized spacial score (nSPS) is 39.1. The van der Waals surface area contributed by atoms with Crippen molar-refractivity contribution in [1.29, 1.82) is 0 Å². The molecule has 5 nitrogen and oxygen atoms in total. The number of fused-ring (bicyclic) bond motifs is 1. The minimum atomic E-state index is -0.669. The first-order valence-electron chi connectivity index (χ1n) is 9.17. The van der Waals surface area contributed by atoms with Gasteiger partial charge in [0, 0.05) is 19.1 Å². The highest BCUT2D eigenvalue weighted by Crippen LogP contribution is 2.48. The molecule has 1 heterocycles. The van der Waals surface area contributed by atoms with Crippen molar-refractivity contribution in [1.82, 2.24) is 10.2 Å². The first kappa shape index (κ1) is 19.5. The lowest BCUT2D eigenvalue weighted by molar-refractivity contribution is -0.149. The van der Waals surface area contributed by atoms with E-state index < -0.39 is 11.4 Å². The van der Waals surface area contributed by atoms with Crippen LogP contribution in [0.15, 0.2) is 0 Å². The van der Waals surface area contributed by atoms with Crippen molar-refractivity contribution < 1.29 is 14.7 Å². The maximum absolute atomic E-state index is 12.4. The van der Waals surface area contributed by atoms with Crippen LogP contribution in [0.5, 0.6) is 0 Å². The summed E-state index contributed by atoms with van der Waals surface area (Å²) in [5.41, 5.74) is -0.590. The number of nitrogens with zero attached hydrogens (tertiary/aromatic N) is 1. The fourth-order valence-electron chi connectivity index (χ4n) is 5.10. The van der Waals surface area contributed by atoms with E-state index in [1.807, 2.05) is 0 Å². The topological polar surface area (TPSA) is 69.6 Å². The highest BCUT2D eigenvalue weighted by Gasteiger charge is 2.54. The molecule has 3 rings (SSSR count). The molecular weight excluding hydrogens is 328 g/mol. The Morgan fingerprint density at radius 3 is 2.62 bits per heavy atom. The number of hydrogen-bond donors (Lipinski definition) is 2. The van der Waals surface area contributed by atoms with Gasteiger partial charge in [-0.05, 0) is 37.0 Å². The Labute approximate surface area is 151 Å². The zero-order valence-corrected chi connectivity index (χ0v) is 15.6. The van der Waals surface area contributed by atoms with Gasteiger partial charge in [-0.2, -0.15) is 0 Å². The van der Waals surface area contributed by atoms with E-state index in [9.17, 15) is 14.7 Å². The molecule has 24 heavy (non-hydrogen) atoms. The zero-order valence-electron chi connectivity index (χ0n) is 14.8. The van der Waals surface area contributed by atoms with Gasteiger partial charge >= 0.3 is 5.97 Å². The third-order valence-electron chi connectivity index (χ3n) is 6.79. The molecule has 1 aliphatic heterocycles. The van der Waals surface area contributed by atoms with Crippen LogP contribution in [0.4, 0.5) is 0 Å². The number of nitrogens with one attached hydrogen (secondary N) is 1. The summed E-state index contributed by atoms with van der Waals surface area (Å²) in [6.45, 7) is 6.15. The molecule has 0 aromatic carbocycles. The molecule has 5 atom stereocenters. The minimum absolute atomic E-state index is 0. The molecule has 0 aromatic rings. The van der Waals surface area contributed by atoms with E-state index in [4.69, 9.17) is 0 Å². The van der Waals surface area contributed by atoms with Crippen LogP contribution in [-0.2, 0) is 9.59 Å². The van der Waals surface area contributed by atoms with E-state index in [0.29, 0.717) is 24.9 Å². The number of hydrogen-bond acceptors (Lipinski definition) is 3. The molecule has 0 radical (unpaired) electrons. The second kappa shape index (κ2) is 7.61. The van der Waals surface area contributed by atoms with Crippen molar-refractivity contribution in [3.05, 3.63) is 0 Å². The van der Waals surface area contributed by atoms with Crippen LogP contribution in [-0.4, -0.2) is 47.6 Å². The smallest absolute Gasteiger partial charge is 0.311 e. The zero-order chi connectivity index (χ0) is 16.6. The third kappa shape index (κ3) is 3.57. The first-order valence-corrected chi connectivity index (χ1v) is 9.17. The summed E-state index contributed by atoms with van der Waals surface area (Å²) in [6.07, 6.45) is 6.27. The third-order valence-corrected chi connectivity index (χ3v) is 6.79. The Hall–Kier alpha value is -0.810. The fraction of sp³-hybridized carbons (Fsp3) is 0.889. The number of halogens is 1. The van der Waals surface area contributed by atoms with Crippen molar-refractivity contribution in [2.24, 2.45) is 23.2 Å². The van der Waals surface area contributed by atoms with E-state index in [1.54, 1.807) is 0 Å². The number of carbonyl (C=O) groups is 2. The molecule has 2 N–H and O–H groups in total. The van der Waals surface area contributed by atoms with Crippen molar-refractivity contribution >= 4 is 24.3 Å². The molecule has 1 saturated heterocycles. The predicted octanol–water partition coefficient (Wildman–Crippen LogP) is 2.54. The van der Waals surface area contributed by atoms with Gasteiger partial charge < -0.3 is 10.4 Å². The molecule has 3 fully saturated rings. The highest BCUT2D eigenvalue weighted by molar-refractivity contribution is 5.85. The van der Waals surface area contributed by atoms with Crippen LogP contribution < -0.4 is 5.32 Å². The summed E-state index contributed by atoms with van der Waals surface area (Å²) >= 11 is 0. The number of carbonyl (C=O) groups excluding carboxylic acids is 1. The number of likely N-dealkylation sites (tertiary alicyclic amines) is 1. The van der Waals surface area contributed by atoms with Gasteiger partial charge in [0.15, 0.2) is 0 Å². The average molecular weight is 359 g/mol. The summed E-state index contributed by atoms with van der Waals surface area (Å²) in [5.74, 6) is 0.807. The van der Waals surface area contributed by atoms with E-state index in [1.165, 1.54) is 12.8 Å². The van der Waals surface area contributed by atoms with Crippen LogP contribution in [0.25, 0.3) is 0 Å². The molecule has 0 spiro atoms. The Morgan fingerprint density at radius 1 is 1.21 bits per heavy atom. The molecule has 2 saturated carbocycles. The Kier molecular flexibility index (Phi) is 6.19. The SMILES string of the molecule is CC1CCCC(NC(=O)CN2C[C@@H]3CCC[C@@]3(C(=O)O)C2)C1C.Cl. The molecule has 3 aliphatic rings. The Morgan fingerprint density at radius 2 is 1.96 bits per heavy atom. The van der Waals surface area contributed by atoms with E-state index in [0.717, 1.165) is 32.2 Å². The quantitative estimate of drug-likeness (QED) is 0.810. The van der Waals surface area contributed by atoms with Gasteiger partial charge in [-0.25, -0.2) is 0 Å². The summed E-state index contributed by atoms with van der Waals surface area (Å²) in [5, 5.41) is 12.8. The molecule has 138 valence electrons. The minimum Gasteiger partial charge on any atom is -0.481 e. The molecule has 0 bridgehead atoms. The van der Waals surface area contributed by atoms with Gasteiger partial charge in [-0.3, -0.25) is 14.5 Å². The van der Waals surface area contributed by atoms with Gasteiger partial charge in [0.1, 0.15) is 0 Å². The van der Waals surface area contributed by atoms with Crippen LogP contribution >= 0.6 is 12.4 Å². The van der Waals surface area contributed by atoms with Crippen LogP contribution in [0.1, 0.15) is 52.4 Å². The van der Waals surface area contributed by atoms with Gasteiger partial charge in [-0.1, -0.05) is 33.1 Å². The molecular formula is C18H31ClN2O3. The van der Waals surface area contributed by atoms with Crippen molar-refractivity contribution in [3.63, 3.8) is 0 Å². The number of rotatable bonds is 4. The molecule has 0 aromatic heterocycles. The number of carboxylic acids is 1. The maximum atomic E-state index is 12.4. The summed E-state index contributed by atoms with van der Waals surface area (Å²) < 4.78 is 0. The van der Waals surface area contributed by atoms with Crippen molar-refractivity contribution in [2.75, 3.05) is 19.6 Å². The first-order chi connectivity index (χ1) is 10.9. The lowest BCUT2D eigenvalue weighted by Crippen LogP contribution is -2.47. The molecule has 1 amide bonds. The van der Waals surface area contributed by atoms with Gasteiger partial charge in [0.2, 0.25) is 5.91 Å². The van der Waals surface area contributed by atoms with Crippen LogP contribution in [0, 0.1) is 23.2 Å². The molecule has 6 heteroatoms. The van der Waals surface area contributed by atoms with Crippen LogP contribution in [0.2, 0.25) is 0 Å². The Bertz CT molecular complexity index is 487. The lowest BCUT2D eigenvalue weighted by Gasteiger charge is -2.35. The van der Waals surface area contributed by atoms with E-state index in [-0.39, 0.29) is 30.3 Å². The number of aliphatic carboxylic acids is 1. The van der Waals surface area contributed by atoms with Gasteiger partial charge in [0.25, 0.3) is 0 Å². The predicted molar refractivity (Wildman–Crippen MR) is 95.2 cm³/mol. The van der Waals surface area contributed by atoms with E-state index in [2.05, 4.69) is 24.1 Å². The van der Waals surface area contributed by atoms with E-state index >= 15 is 0 Å². The fourth-order valence-corrected chi connectivity index (χ4v) is 5.10. The monoisotopic (exact) mass is 358 g/mol. The van der Waals surface area contributed by atoms with Crippen molar-refractivity contribution in [2.45, 2.75) is 58.4 Å².